The van der Waals surface area contributed by atoms with Crippen LogP contribution in [0.5, 0.6) is 0 Å². The van der Waals surface area contributed by atoms with Gasteiger partial charge in [0, 0.05) is 36.9 Å². The Morgan fingerprint density at radius 3 is 2.69 bits per heavy atom. The van der Waals surface area contributed by atoms with Gasteiger partial charge in [0.05, 0.1) is 0 Å². The van der Waals surface area contributed by atoms with Crippen LogP contribution in [-0.4, -0.2) is 30.7 Å². The van der Waals surface area contributed by atoms with Crippen molar-refractivity contribution in [3.63, 3.8) is 0 Å². The third-order valence-electron chi connectivity index (χ3n) is 2.32. The monoisotopic (exact) mass is 238 g/mol. The molecular formula is C12H18N2OS. The minimum Gasteiger partial charge on any atom is -0.399 e. The quantitative estimate of drug-likeness (QED) is 0.646. The molecule has 1 amide bonds. The number of thioether (sulfide) groups is 1. The van der Waals surface area contributed by atoms with Crippen molar-refractivity contribution in [2.24, 2.45) is 0 Å². The Kier molecular flexibility index (Phi) is 4.68. The number of amides is 1. The number of nitrogens with zero attached hydrogens (tertiary/aromatic N) is 1. The molecule has 0 spiro atoms. The molecule has 0 radical (unpaired) electrons. The van der Waals surface area contributed by atoms with E-state index in [4.69, 9.17) is 5.73 Å². The van der Waals surface area contributed by atoms with E-state index in [-0.39, 0.29) is 5.91 Å². The number of carbonyl (C=O) groups excluding carboxylic acids is 1. The molecule has 1 aromatic rings. The fourth-order valence-corrected chi connectivity index (χ4v) is 2.15. The molecule has 1 aromatic carbocycles. The van der Waals surface area contributed by atoms with Crippen LogP contribution in [0.4, 0.5) is 5.69 Å². The van der Waals surface area contributed by atoms with Crippen molar-refractivity contribution in [3.8, 4) is 0 Å². The van der Waals surface area contributed by atoms with Crippen LogP contribution in [0, 0.1) is 6.92 Å². The lowest BCUT2D eigenvalue weighted by Gasteiger charge is -2.09. The summed E-state index contributed by atoms with van der Waals surface area (Å²) < 4.78 is 0. The van der Waals surface area contributed by atoms with Gasteiger partial charge >= 0.3 is 0 Å². The van der Waals surface area contributed by atoms with E-state index in [2.05, 4.69) is 6.07 Å². The Hall–Kier alpha value is -1.16. The van der Waals surface area contributed by atoms with Crippen molar-refractivity contribution in [1.29, 1.82) is 0 Å². The zero-order valence-electron chi connectivity index (χ0n) is 9.99. The lowest BCUT2D eigenvalue weighted by atomic mass is 10.2. The highest BCUT2D eigenvalue weighted by Crippen LogP contribution is 2.22. The van der Waals surface area contributed by atoms with Gasteiger partial charge < -0.3 is 10.6 Å². The Morgan fingerprint density at radius 1 is 1.44 bits per heavy atom. The summed E-state index contributed by atoms with van der Waals surface area (Å²) in [5, 5.41) is 0. The number of rotatable bonds is 4. The maximum Gasteiger partial charge on any atom is 0.222 e. The van der Waals surface area contributed by atoms with E-state index in [0.717, 1.165) is 17.0 Å². The summed E-state index contributed by atoms with van der Waals surface area (Å²) in [5.74, 6) is 0.972. The van der Waals surface area contributed by atoms with Crippen molar-refractivity contribution in [1.82, 2.24) is 4.90 Å². The average molecular weight is 238 g/mol. The number of benzene rings is 1. The van der Waals surface area contributed by atoms with E-state index in [1.165, 1.54) is 4.90 Å². The fraction of sp³-hybridized carbons (Fsp3) is 0.417. The van der Waals surface area contributed by atoms with Gasteiger partial charge in [0.1, 0.15) is 0 Å². The lowest BCUT2D eigenvalue weighted by molar-refractivity contribution is -0.128. The van der Waals surface area contributed by atoms with E-state index in [0.29, 0.717) is 6.42 Å². The van der Waals surface area contributed by atoms with Crippen LogP contribution in [0.3, 0.4) is 0 Å². The molecule has 0 aliphatic heterocycles. The lowest BCUT2D eigenvalue weighted by Crippen LogP contribution is -2.21. The van der Waals surface area contributed by atoms with Gasteiger partial charge in [-0.15, -0.1) is 11.8 Å². The first-order valence-corrected chi connectivity index (χ1v) is 6.18. The minimum atomic E-state index is 0.166. The molecule has 16 heavy (non-hydrogen) atoms. The predicted molar refractivity (Wildman–Crippen MR) is 69.6 cm³/mol. The molecule has 2 N–H and O–H groups in total. The highest BCUT2D eigenvalue weighted by molar-refractivity contribution is 7.99. The summed E-state index contributed by atoms with van der Waals surface area (Å²) in [6, 6.07) is 5.96. The second-order valence-electron chi connectivity index (χ2n) is 3.91. The molecule has 0 saturated heterocycles. The van der Waals surface area contributed by atoms with Crippen LogP contribution in [0.25, 0.3) is 0 Å². The van der Waals surface area contributed by atoms with Gasteiger partial charge in [-0.05, 0) is 30.7 Å². The summed E-state index contributed by atoms with van der Waals surface area (Å²) in [7, 11) is 3.56. The number of carbonyl (C=O) groups is 1. The molecule has 0 atom stereocenters. The molecule has 0 aliphatic carbocycles. The molecule has 0 aliphatic rings. The summed E-state index contributed by atoms with van der Waals surface area (Å²) in [6.07, 6.45) is 0.571. The second kappa shape index (κ2) is 5.80. The summed E-state index contributed by atoms with van der Waals surface area (Å²) in [6.45, 7) is 1.99. The molecule has 0 bridgehead atoms. The molecule has 0 unspecified atom stereocenters. The predicted octanol–water partition coefficient (Wildman–Crippen LogP) is 2.15. The Labute approximate surface area is 101 Å². The smallest absolute Gasteiger partial charge is 0.222 e. The van der Waals surface area contributed by atoms with Gasteiger partial charge in [-0.1, -0.05) is 0 Å². The van der Waals surface area contributed by atoms with Gasteiger partial charge in [0.2, 0.25) is 5.91 Å². The summed E-state index contributed by atoms with van der Waals surface area (Å²) in [4.78, 5) is 14.1. The van der Waals surface area contributed by atoms with E-state index >= 15 is 0 Å². The van der Waals surface area contributed by atoms with Crippen molar-refractivity contribution in [2.75, 3.05) is 25.6 Å². The maximum atomic E-state index is 11.3. The Bertz CT molecular complexity index is 377. The van der Waals surface area contributed by atoms with E-state index < -0.39 is 0 Å². The van der Waals surface area contributed by atoms with Crippen LogP contribution in [0.1, 0.15) is 12.0 Å². The SMILES string of the molecule is Cc1cc(SCCC(=O)N(C)C)ccc1N. The van der Waals surface area contributed by atoms with Gasteiger partial charge in [-0.25, -0.2) is 0 Å². The molecule has 4 heteroatoms. The van der Waals surface area contributed by atoms with Crippen LogP contribution in [0.15, 0.2) is 23.1 Å². The average Bonchev–Trinajstić information content (AvgIpc) is 2.23. The second-order valence-corrected chi connectivity index (χ2v) is 5.07. The van der Waals surface area contributed by atoms with Crippen LogP contribution < -0.4 is 5.73 Å². The molecule has 0 heterocycles. The molecular weight excluding hydrogens is 220 g/mol. The van der Waals surface area contributed by atoms with Crippen molar-refractivity contribution in [2.45, 2.75) is 18.2 Å². The fourth-order valence-electron chi connectivity index (χ4n) is 1.22. The third kappa shape index (κ3) is 3.77. The van der Waals surface area contributed by atoms with Crippen LogP contribution in [-0.2, 0) is 4.79 Å². The number of hydrogen-bond acceptors (Lipinski definition) is 3. The van der Waals surface area contributed by atoms with E-state index in [9.17, 15) is 4.79 Å². The van der Waals surface area contributed by atoms with Crippen molar-refractivity contribution in [3.05, 3.63) is 23.8 Å². The molecule has 1 rings (SSSR count). The van der Waals surface area contributed by atoms with Gasteiger partial charge in [-0.2, -0.15) is 0 Å². The first kappa shape index (κ1) is 12.9. The highest BCUT2D eigenvalue weighted by Gasteiger charge is 2.04. The third-order valence-corrected chi connectivity index (χ3v) is 3.32. The van der Waals surface area contributed by atoms with Crippen molar-refractivity contribution >= 4 is 23.4 Å². The Morgan fingerprint density at radius 2 is 2.12 bits per heavy atom. The zero-order chi connectivity index (χ0) is 12.1. The standard InChI is InChI=1S/C12H18N2OS/c1-9-8-10(4-5-11(9)13)16-7-6-12(15)14(2)3/h4-5,8H,6-7,13H2,1-3H3. The number of hydrogen-bond donors (Lipinski definition) is 1. The number of anilines is 1. The number of aryl methyl sites for hydroxylation is 1. The highest BCUT2D eigenvalue weighted by atomic mass is 32.2. The molecule has 88 valence electrons. The maximum absolute atomic E-state index is 11.3. The molecule has 0 aromatic heterocycles. The van der Waals surface area contributed by atoms with Gasteiger partial charge in [-0.3, -0.25) is 4.79 Å². The van der Waals surface area contributed by atoms with Crippen LogP contribution >= 0.6 is 11.8 Å². The number of nitrogens with two attached hydrogens (primary N) is 1. The topological polar surface area (TPSA) is 46.3 Å². The largest absolute Gasteiger partial charge is 0.399 e. The molecule has 0 fully saturated rings. The Balaban J connectivity index is 2.43. The number of nitrogen functional groups attached to an aromatic ring is 1. The van der Waals surface area contributed by atoms with E-state index in [1.54, 1.807) is 30.8 Å². The molecule has 0 saturated carbocycles. The van der Waals surface area contributed by atoms with Gasteiger partial charge in [0.15, 0.2) is 0 Å². The van der Waals surface area contributed by atoms with Crippen molar-refractivity contribution < 1.29 is 4.79 Å². The molecule has 3 nitrogen and oxygen atoms in total. The normalized spacial score (nSPS) is 10.2. The summed E-state index contributed by atoms with van der Waals surface area (Å²) >= 11 is 1.69. The first-order valence-electron chi connectivity index (χ1n) is 5.20. The first-order chi connectivity index (χ1) is 7.50. The minimum absolute atomic E-state index is 0.166. The van der Waals surface area contributed by atoms with E-state index in [1.807, 2.05) is 19.1 Å². The summed E-state index contributed by atoms with van der Waals surface area (Å²) in [5.41, 5.74) is 7.64. The zero-order valence-corrected chi connectivity index (χ0v) is 10.8. The van der Waals surface area contributed by atoms with Gasteiger partial charge in [0.25, 0.3) is 0 Å². The van der Waals surface area contributed by atoms with Crippen LogP contribution in [0.2, 0.25) is 0 Å².